The summed E-state index contributed by atoms with van der Waals surface area (Å²) < 4.78 is 0. The summed E-state index contributed by atoms with van der Waals surface area (Å²) in [6, 6.07) is 89.5. The van der Waals surface area contributed by atoms with Crippen LogP contribution in [0.15, 0.2) is 249 Å². The molecule has 0 saturated carbocycles. The van der Waals surface area contributed by atoms with E-state index in [1.165, 1.54) is 48.7 Å². The zero-order valence-corrected chi connectivity index (χ0v) is 35.3. The van der Waals surface area contributed by atoms with Gasteiger partial charge in [-0.15, -0.1) is 11.3 Å². The van der Waals surface area contributed by atoms with Crippen LogP contribution >= 0.6 is 11.3 Å². The maximum atomic E-state index is 2.34. The number of thiophene rings is 1. The first-order chi connectivity index (χ1) is 30.6. The molecule has 0 fully saturated rings. The zero-order valence-electron chi connectivity index (χ0n) is 34.5. The number of nitrogens with zero attached hydrogens (tertiary/aromatic N) is 2. The maximum absolute atomic E-state index is 2.34. The Bertz CT molecular complexity index is 2910. The highest BCUT2D eigenvalue weighted by molar-refractivity contribution is 7.15. The Balaban J connectivity index is 0.959. The molecule has 0 spiro atoms. The summed E-state index contributed by atoms with van der Waals surface area (Å²) in [5.74, 6) is 0. The molecule has 62 heavy (non-hydrogen) atoms. The normalized spacial score (nSPS) is 11.0. The van der Waals surface area contributed by atoms with Gasteiger partial charge in [0, 0.05) is 43.9 Å². The minimum atomic E-state index is 1.09. The minimum absolute atomic E-state index is 1.09. The molecule has 296 valence electrons. The summed E-state index contributed by atoms with van der Waals surface area (Å²) in [5, 5.41) is 0. The molecule has 0 radical (unpaired) electrons. The minimum Gasteiger partial charge on any atom is -0.311 e. The Morgan fingerprint density at radius 3 is 0.677 bits per heavy atom. The van der Waals surface area contributed by atoms with Crippen LogP contribution in [0, 0.1) is 6.92 Å². The quantitative estimate of drug-likeness (QED) is 0.128. The largest absolute Gasteiger partial charge is 0.311 e. The molecule has 10 aromatic rings. The standard InChI is InChI=1S/C59H44N2S/c1-43-17-42-59(62-43)52-28-40-58(41-29-52)61(55-34-22-49(23-35-55)46-15-9-4-10-16-46)57-38-26-51(27-39-57)50-24-36-56(37-25-50)60(53-30-18-47(19-31-53)44-11-5-2-6-12-44)54-32-20-48(21-33-54)45-13-7-3-8-14-45/h2-42H,1H3. The molecule has 9 aromatic carbocycles. The third kappa shape index (κ3) is 8.23. The fraction of sp³-hybridized carbons (Fsp3) is 0.0169. The van der Waals surface area contributed by atoms with Crippen LogP contribution in [0.2, 0.25) is 0 Å². The van der Waals surface area contributed by atoms with Crippen molar-refractivity contribution in [2.75, 3.05) is 9.80 Å². The van der Waals surface area contributed by atoms with Gasteiger partial charge in [0.2, 0.25) is 0 Å². The van der Waals surface area contributed by atoms with Gasteiger partial charge < -0.3 is 9.80 Å². The van der Waals surface area contributed by atoms with Crippen LogP contribution in [0.1, 0.15) is 4.88 Å². The van der Waals surface area contributed by atoms with E-state index in [9.17, 15) is 0 Å². The molecule has 3 heteroatoms. The van der Waals surface area contributed by atoms with E-state index >= 15 is 0 Å². The Kier molecular flexibility index (Phi) is 10.8. The SMILES string of the molecule is Cc1ccc(-c2ccc(N(c3ccc(-c4ccccc4)cc3)c3ccc(-c4ccc(N(c5ccc(-c6ccccc6)cc5)c5ccc(-c6ccccc6)cc5)cc4)cc3)cc2)s1. The predicted molar refractivity (Wildman–Crippen MR) is 266 cm³/mol. The maximum Gasteiger partial charge on any atom is 0.0462 e. The second-order valence-corrected chi connectivity index (χ2v) is 16.7. The second kappa shape index (κ2) is 17.5. The molecule has 0 saturated heterocycles. The first-order valence-electron chi connectivity index (χ1n) is 21.1. The fourth-order valence-electron chi connectivity index (χ4n) is 8.17. The van der Waals surface area contributed by atoms with Gasteiger partial charge in [0.25, 0.3) is 0 Å². The van der Waals surface area contributed by atoms with Gasteiger partial charge >= 0.3 is 0 Å². The van der Waals surface area contributed by atoms with Crippen molar-refractivity contribution >= 4 is 45.5 Å². The molecule has 0 aliphatic heterocycles. The highest BCUT2D eigenvalue weighted by Crippen LogP contribution is 2.40. The molecule has 0 atom stereocenters. The van der Waals surface area contributed by atoms with Crippen LogP contribution in [0.5, 0.6) is 0 Å². The van der Waals surface area contributed by atoms with Crippen LogP contribution in [0.25, 0.3) is 54.9 Å². The van der Waals surface area contributed by atoms with Crippen molar-refractivity contribution in [1.29, 1.82) is 0 Å². The number of hydrogen-bond donors (Lipinski definition) is 0. The van der Waals surface area contributed by atoms with E-state index in [4.69, 9.17) is 0 Å². The Morgan fingerprint density at radius 1 is 0.226 bits per heavy atom. The third-order valence-corrected chi connectivity index (χ3v) is 12.5. The summed E-state index contributed by atoms with van der Waals surface area (Å²) in [5.41, 5.74) is 17.4. The molecule has 10 rings (SSSR count). The van der Waals surface area contributed by atoms with Crippen LogP contribution in [0.4, 0.5) is 34.1 Å². The molecular formula is C59H44N2S. The number of hydrogen-bond acceptors (Lipinski definition) is 3. The molecule has 0 aliphatic rings. The van der Waals surface area contributed by atoms with Gasteiger partial charge in [0.1, 0.15) is 0 Å². The van der Waals surface area contributed by atoms with Gasteiger partial charge in [-0.05, 0) is 142 Å². The molecule has 1 aromatic heterocycles. The molecular weight excluding hydrogens is 769 g/mol. The van der Waals surface area contributed by atoms with Crippen LogP contribution in [-0.4, -0.2) is 0 Å². The summed E-state index contributed by atoms with van der Waals surface area (Å²) in [7, 11) is 0. The predicted octanol–water partition coefficient (Wildman–Crippen LogP) is 17.3. The fourth-order valence-corrected chi connectivity index (χ4v) is 9.04. The highest BCUT2D eigenvalue weighted by Gasteiger charge is 2.16. The number of aryl methyl sites for hydroxylation is 1. The van der Waals surface area contributed by atoms with Crippen LogP contribution < -0.4 is 9.80 Å². The lowest BCUT2D eigenvalue weighted by Gasteiger charge is -2.27. The van der Waals surface area contributed by atoms with Gasteiger partial charge in [-0.1, -0.05) is 164 Å². The molecule has 0 bridgehead atoms. The van der Waals surface area contributed by atoms with E-state index in [2.05, 4.69) is 265 Å². The summed E-state index contributed by atoms with van der Waals surface area (Å²) in [4.78, 5) is 7.28. The first kappa shape index (κ1) is 38.5. The Hall–Kier alpha value is -7.72. The highest BCUT2D eigenvalue weighted by atomic mass is 32.1. The summed E-state index contributed by atoms with van der Waals surface area (Å²) in [6.45, 7) is 2.16. The van der Waals surface area contributed by atoms with E-state index in [-0.39, 0.29) is 0 Å². The molecule has 0 amide bonds. The second-order valence-electron chi connectivity index (χ2n) is 15.5. The average Bonchev–Trinajstić information content (AvgIpc) is 3.80. The first-order valence-corrected chi connectivity index (χ1v) is 21.9. The summed E-state index contributed by atoms with van der Waals surface area (Å²) >= 11 is 1.83. The summed E-state index contributed by atoms with van der Waals surface area (Å²) in [6.07, 6.45) is 0. The molecule has 1 heterocycles. The van der Waals surface area contributed by atoms with E-state index < -0.39 is 0 Å². The van der Waals surface area contributed by atoms with Gasteiger partial charge in [-0.25, -0.2) is 0 Å². The van der Waals surface area contributed by atoms with Crippen LogP contribution in [0.3, 0.4) is 0 Å². The van der Waals surface area contributed by atoms with E-state index in [0.717, 1.165) is 45.3 Å². The van der Waals surface area contributed by atoms with Crippen molar-refractivity contribution in [3.63, 3.8) is 0 Å². The van der Waals surface area contributed by atoms with Gasteiger partial charge in [0.05, 0.1) is 0 Å². The molecule has 0 unspecified atom stereocenters. The molecule has 0 aliphatic carbocycles. The van der Waals surface area contributed by atoms with Gasteiger partial charge in [-0.3, -0.25) is 0 Å². The van der Waals surface area contributed by atoms with Crippen molar-refractivity contribution in [2.24, 2.45) is 0 Å². The number of benzene rings is 9. The van der Waals surface area contributed by atoms with Crippen LogP contribution in [-0.2, 0) is 0 Å². The van der Waals surface area contributed by atoms with Crippen molar-refractivity contribution in [1.82, 2.24) is 0 Å². The lowest BCUT2D eigenvalue weighted by molar-refractivity contribution is 1.28. The Labute approximate surface area is 368 Å². The zero-order chi connectivity index (χ0) is 41.7. The van der Waals surface area contributed by atoms with Crippen molar-refractivity contribution < 1.29 is 0 Å². The monoisotopic (exact) mass is 812 g/mol. The van der Waals surface area contributed by atoms with Gasteiger partial charge in [0.15, 0.2) is 0 Å². The van der Waals surface area contributed by atoms with Crippen molar-refractivity contribution in [2.45, 2.75) is 6.92 Å². The Morgan fingerprint density at radius 2 is 0.452 bits per heavy atom. The van der Waals surface area contributed by atoms with Crippen molar-refractivity contribution in [3.8, 4) is 54.9 Å². The molecule has 2 nitrogen and oxygen atoms in total. The molecule has 0 N–H and O–H groups in total. The van der Waals surface area contributed by atoms with Gasteiger partial charge in [-0.2, -0.15) is 0 Å². The lowest BCUT2D eigenvalue weighted by atomic mass is 10.0. The van der Waals surface area contributed by atoms with E-state index in [1.807, 2.05) is 11.3 Å². The van der Waals surface area contributed by atoms with E-state index in [0.29, 0.717) is 0 Å². The number of rotatable bonds is 11. The third-order valence-electron chi connectivity index (χ3n) is 11.4. The smallest absolute Gasteiger partial charge is 0.0462 e. The van der Waals surface area contributed by atoms with Crippen molar-refractivity contribution in [3.05, 3.63) is 254 Å². The number of anilines is 6. The topological polar surface area (TPSA) is 6.48 Å². The lowest BCUT2D eigenvalue weighted by Crippen LogP contribution is -2.10. The van der Waals surface area contributed by atoms with E-state index in [1.54, 1.807) is 0 Å². The average molecular weight is 813 g/mol.